The highest BCUT2D eigenvalue weighted by atomic mass is 19.1. The molecule has 4 heterocycles. The Balaban J connectivity index is 1.07. The maximum atomic E-state index is 13.4. The number of piperidine rings is 1. The molecule has 3 aromatic heterocycles. The molecule has 1 fully saturated rings. The average Bonchev–Trinajstić information content (AvgIpc) is 3.60. The maximum Gasteiger partial charge on any atom is 0.318 e. The number of nitrogens with zero attached hydrogens (tertiary/aromatic N) is 7. The molecule has 0 radical (unpaired) electrons. The quantitative estimate of drug-likeness (QED) is 0.475. The number of hydrogen-bond acceptors (Lipinski definition) is 9. The van der Waals surface area contributed by atoms with Crippen molar-refractivity contribution in [3.63, 3.8) is 0 Å². The fourth-order valence-electron chi connectivity index (χ4n) is 4.63. The summed E-state index contributed by atoms with van der Waals surface area (Å²) >= 11 is 0. The maximum absolute atomic E-state index is 13.4. The first kappa shape index (κ1) is 19.8. The number of nitrogens with one attached hydrogen (secondary N) is 2. The largest absolute Gasteiger partial charge is 0.403 e. The molecule has 0 amide bonds. The van der Waals surface area contributed by atoms with E-state index in [1.807, 2.05) is 6.07 Å². The summed E-state index contributed by atoms with van der Waals surface area (Å²) in [6.07, 6.45) is 8.62. The van der Waals surface area contributed by atoms with Crippen LogP contribution in [0.3, 0.4) is 0 Å². The molecule has 1 aliphatic carbocycles. The second-order valence-electron chi connectivity index (χ2n) is 8.52. The summed E-state index contributed by atoms with van der Waals surface area (Å²) in [5, 5.41) is 22.3. The molecule has 4 aromatic rings. The third-order valence-electron chi connectivity index (χ3n) is 6.39. The van der Waals surface area contributed by atoms with Crippen molar-refractivity contribution in [3.8, 4) is 11.5 Å². The number of anilines is 2. The molecule has 1 aromatic carbocycles. The van der Waals surface area contributed by atoms with Crippen molar-refractivity contribution < 1.29 is 8.81 Å². The summed E-state index contributed by atoms with van der Waals surface area (Å²) in [7, 11) is 0. The zero-order chi connectivity index (χ0) is 22.2. The first-order valence-corrected chi connectivity index (χ1v) is 11.0. The van der Waals surface area contributed by atoms with Crippen LogP contribution in [0.25, 0.3) is 11.5 Å². The van der Waals surface area contributed by atoms with Crippen LogP contribution in [0.1, 0.15) is 35.6 Å². The summed E-state index contributed by atoms with van der Waals surface area (Å²) in [5.74, 6) is 1.12. The number of aromatic nitrogens is 7. The van der Waals surface area contributed by atoms with Crippen molar-refractivity contribution in [1.29, 1.82) is 0 Å². The Morgan fingerprint density at radius 1 is 1.03 bits per heavy atom. The summed E-state index contributed by atoms with van der Waals surface area (Å²) in [5.41, 5.74) is 3.93. The molecule has 11 heteroatoms. The molecule has 168 valence electrons. The lowest BCUT2D eigenvalue weighted by Crippen LogP contribution is -2.33. The number of fused-ring (bicyclic) bond motifs is 1. The van der Waals surface area contributed by atoms with Crippen LogP contribution < -0.4 is 10.2 Å². The minimum Gasteiger partial charge on any atom is -0.403 e. The van der Waals surface area contributed by atoms with E-state index >= 15 is 0 Å². The van der Waals surface area contributed by atoms with Gasteiger partial charge in [-0.05, 0) is 48.9 Å². The van der Waals surface area contributed by atoms with Gasteiger partial charge in [-0.15, -0.1) is 10.2 Å². The predicted molar refractivity (Wildman–Crippen MR) is 117 cm³/mol. The molecule has 1 atom stereocenters. The number of H-pyrrole nitrogens is 1. The second-order valence-corrected chi connectivity index (χ2v) is 8.52. The van der Waals surface area contributed by atoms with Crippen LogP contribution in [-0.2, 0) is 12.8 Å². The van der Waals surface area contributed by atoms with Gasteiger partial charge in [0.2, 0.25) is 5.95 Å². The third kappa shape index (κ3) is 4.01. The van der Waals surface area contributed by atoms with E-state index in [0.29, 0.717) is 29.3 Å². The van der Waals surface area contributed by atoms with Crippen LogP contribution in [0.4, 0.5) is 16.4 Å². The monoisotopic (exact) mass is 447 g/mol. The Morgan fingerprint density at radius 3 is 2.64 bits per heavy atom. The van der Waals surface area contributed by atoms with Crippen LogP contribution >= 0.6 is 0 Å². The summed E-state index contributed by atoms with van der Waals surface area (Å²) in [6.45, 7) is 1.64. The van der Waals surface area contributed by atoms with E-state index in [0.717, 1.165) is 55.6 Å². The molecule has 2 N–H and O–H groups in total. The van der Waals surface area contributed by atoms with Gasteiger partial charge in [0.05, 0.1) is 17.5 Å². The zero-order valence-electron chi connectivity index (χ0n) is 17.8. The molecule has 0 saturated carbocycles. The molecular weight excluding hydrogens is 425 g/mol. The Morgan fingerprint density at radius 2 is 1.85 bits per heavy atom. The Labute approximate surface area is 188 Å². The van der Waals surface area contributed by atoms with E-state index < -0.39 is 0 Å². The number of aromatic amines is 1. The topological polar surface area (TPSA) is 122 Å². The molecule has 10 nitrogen and oxygen atoms in total. The minimum absolute atomic E-state index is 0.142. The van der Waals surface area contributed by atoms with Crippen LogP contribution in [0.2, 0.25) is 0 Å². The highest BCUT2D eigenvalue weighted by Gasteiger charge is 2.26. The van der Waals surface area contributed by atoms with Gasteiger partial charge in [0.25, 0.3) is 5.89 Å². The van der Waals surface area contributed by atoms with Gasteiger partial charge in [0.1, 0.15) is 5.82 Å². The second kappa shape index (κ2) is 8.23. The normalized spacial score (nSPS) is 18.5. The predicted octanol–water partition coefficient (Wildman–Crippen LogP) is 2.75. The zero-order valence-corrected chi connectivity index (χ0v) is 17.8. The standard InChI is InChI=1S/C22H22FN9O/c23-17-2-1-14-8-18(9-15(14)7-17)27-21-24-10-16(11-25-21)20-29-30-22(33-20)32-5-3-13(4-6-32)19-12-26-31-28-19/h1-2,7,10-13,18H,3-6,8-9H2,(H,24,25,27)(H,26,28,31). The summed E-state index contributed by atoms with van der Waals surface area (Å²) < 4.78 is 19.3. The SMILES string of the molecule is Fc1ccc2c(c1)CC(Nc1ncc(-c3nnc(N4CCC(c5cnn[nH]5)CC4)o3)cn1)C2. The van der Waals surface area contributed by atoms with E-state index in [2.05, 4.69) is 45.8 Å². The lowest BCUT2D eigenvalue weighted by Gasteiger charge is -2.29. The van der Waals surface area contributed by atoms with Gasteiger partial charge in [0.15, 0.2) is 0 Å². The Hall–Kier alpha value is -3.89. The highest BCUT2D eigenvalue weighted by Crippen LogP contribution is 2.30. The fraction of sp³-hybridized carbons (Fsp3) is 0.364. The minimum atomic E-state index is -0.201. The van der Waals surface area contributed by atoms with Crippen LogP contribution in [0.15, 0.2) is 41.2 Å². The molecular formula is C22H22FN9O. The van der Waals surface area contributed by atoms with Crippen LogP contribution in [0.5, 0.6) is 0 Å². The molecule has 0 bridgehead atoms. The van der Waals surface area contributed by atoms with Crippen molar-refractivity contribution >= 4 is 12.0 Å². The number of benzene rings is 1. The van der Waals surface area contributed by atoms with Crippen molar-refractivity contribution in [1.82, 2.24) is 35.6 Å². The summed E-state index contributed by atoms with van der Waals surface area (Å²) in [4.78, 5) is 10.9. The van der Waals surface area contributed by atoms with Gasteiger partial charge in [-0.2, -0.15) is 0 Å². The molecule has 1 aliphatic heterocycles. The van der Waals surface area contributed by atoms with Gasteiger partial charge >= 0.3 is 6.01 Å². The van der Waals surface area contributed by atoms with Gasteiger partial charge in [-0.25, -0.2) is 14.4 Å². The number of rotatable bonds is 5. The highest BCUT2D eigenvalue weighted by molar-refractivity contribution is 5.52. The van der Waals surface area contributed by atoms with E-state index in [1.165, 1.54) is 6.07 Å². The molecule has 0 spiro atoms. The van der Waals surface area contributed by atoms with E-state index in [4.69, 9.17) is 4.42 Å². The number of hydrogen-bond donors (Lipinski definition) is 2. The Kier molecular flexibility index (Phi) is 4.93. The summed E-state index contributed by atoms with van der Waals surface area (Å²) in [6, 6.07) is 5.60. The molecule has 1 saturated heterocycles. The van der Waals surface area contributed by atoms with Gasteiger partial charge in [0, 0.05) is 37.4 Å². The molecule has 33 heavy (non-hydrogen) atoms. The van der Waals surface area contributed by atoms with Gasteiger partial charge in [-0.3, -0.25) is 5.10 Å². The molecule has 2 aliphatic rings. The van der Waals surface area contributed by atoms with E-state index in [1.54, 1.807) is 24.7 Å². The fourth-order valence-corrected chi connectivity index (χ4v) is 4.63. The van der Waals surface area contributed by atoms with Crippen LogP contribution in [-0.4, -0.2) is 54.7 Å². The van der Waals surface area contributed by atoms with Crippen molar-refractivity contribution in [2.75, 3.05) is 23.3 Å². The lowest BCUT2D eigenvalue weighted by molar-refractivity contribution is 0.456. The van der Waals surface area contributed by atoms with Crippen LogP contribution in [0, 0.1) is 5.82 Å². The van der Waals surface area contributed by atoms with Crippen molar-refractivity contribution in [3.05, 3.63) is 59.4 Å². The van der Waals surface area contributed by atoms with E-state index in [-0.39, 0.29) is 11.9 Å². The smallest absolute Gasteiger partial charge is 0.318 e. The number of halogens is 1. The Bertz CT molecular complexity index is 1230. The first-order valence-electron chi connectivity index (χ1n) is 11.0. The third-order valence-corrected chi connectivity index (χ3v) is 6.39. The average molecular weight is 447 g/mol. The van der Waals surface area contributed by atoms with E-state index in [9.17, 15) is 4.39 Å². The molecule has 6 rings (SSSR count). The lowest BCUT2D eigenvalue weighted by atomic mass is 9.94. The van der Waals surface area contributed by atoms with Crippen molar-refractivity contribution in [2.45, 2.75) is 37.6 Å². The molecule has 1 unspecified atom stereocenters. The van der Waals surface area contributed by atoms with Gasteiger partial charge < -0.3 is 14.6 Å². The van der Waals surface area contributed by atoms with Crippen molar-refractivity contribution in [2.24, 2.45) is 0 Å². The first-order chi connectivity index (χ1) is 16.2. The van der Waals surface area contributed by atoms with Gasteiger partial charge in [-0.1, -0.05) is 16.4 Å².